The Kier molecular flexibility index (Phi) is 6.22. The molecule has 8 nitrogen and oxygen atoms in total. The number of nitrogens with one attached hydrogen (secondary N) is 2. The molecule has 1 saturated heterocycles. The third-order valence-corrected chi connectivity index (χ3v) is 5.57. The normalized spacial score (nSPS) is 24.6. The quantitative estimate of drug-likeness (QED) is 0.618. The van der Waals surface area contributed by atoms with Gasteiger partial charge in [-0.2, -0.15) is 5.26 Å². The SMILES string of the molecule is CC1=C(CC(=O)N[C@@H](CO)c2ccc(F)cc2F)C(=O)NC2CCC(C#N)[N+](=O)C12. The number of carbonyl (C=O) groups is 2. The van der Waals surface area contributed by atoms with E-state index in [1.165, 1.54) is 0 Å². The van der Waals surface area contributed by atoms with E-state index >= 15 is 0 Å². The van der Waals surface area contributed by atoms with Crippen LogP contribution in [0.1, 0.15) is 37.8 Å². The molecule has 2 aliphatic rings. The summed E-state index contributed by atoms with van der Waals surface area (Å²) in [4.78, 5) is 37.5. The molecular formula is C20H21F2N4O4+. The molecule has 30 heavy (non-hydrogen) atoms. The van der Waals surface area contributed by atoms with E-state index in [2.05, 4.69) is 10.6 Å². The topological polar surface area (TPSA) is 122 Å². The fourth-order valence-corrected chi connectivity index (χ4v) is 4.00. The van der Waals surface area contributed by atoms with Crippen molar-refractivity contribution in [3.8, 4) is 6.07 Å². The summed E-state index contributed by atoms with van der Waals surface area (Å²) in [6, 6.07) is 1.57. The van der Waals surface area contributed by atoms with E-state index in [-0.39, 0.29) is 11.1 Å². The summed E-state index contributed by atoms with van der Waals surface area (Å²) in [6.45, 7) is 0.939. The number of hydrogen-bond donors (Lipinski definition) is 3. The van der Waals surface area contributed by atoms with E-state index in [9.17, 15) is 28.4 Å². The number of nitrogens with zero attached hydrogens (tertiary/aromatic N) is 2. The Morgan fingerprint density at radius 2 is 2.17 bits per heavy atom. The van der Waals surface area contributed by atoms with E-state index in [0.29, 0.717) is 29.2 Å². The number of hydrogen-bond acceptors (Lipinski definition) is 5. The van der Waals surface area contributed by atoms with Crippen LogP contribution in [0.5, 0.6) is 0 Å². The molecule has 2 aliphatic heterocycles. The van der Waals surface area contributed by atoms with Gasteiger partial charge in [-0.15, -0.1) is 0 Å². The van der Waals surface area contributed by atoms with Crippen LogP contribution < -0.4 is 10.6 Å². The molecule has 2 amide bonds. The molecule has 4 atom stereocenters. The fraction of sp³-hybridized carbons (Fsp3) is 0.450. The van der Waals surface area contributed by atoms with Crippen LogP contribution in [0.15, 0.2) is 29.3 Å². The first kappa shape index (κ1) is 21.5. The number of rotatable bonds is 5. The molecule has 10 heteroatoms. The Bertz CT molecular complexity index is 972. The van der Waals surface area contributed by atoms with Gasteiger partial charge in [0.05, 0.1) is 25.1 Å². The average molecular weight is 419 g/mol. The van der Waals surface area contributed by atoms with Crippen LogP contribution in [-0.4, -0.2) is 46.4 Å². The fourth-order valence-electron chi connectivity index (χ4n) is 4.00. The maximum absolute atomic E-state index is 14.0. The number of piperidine rings is 1. The minimum atomic E-state index is -1.13. The summed E-state index contributed by atoms with van der Waals surface area (Å²) < 4.78 is 27.7. The predicted octanol–water partition coefficient (Wildman–Crippen LogP) is 1.15. The zero-order chi connectivity index (χ0) is 22.0. The number of nitriles is 1. The largest absolute Gasteiger partial charge is 0.394 e. The maximum atomic E-state index is 14.0. The van der Waals surface area contributed by atoms with Crippen LogP contribution in [0.2, 0.25) is 0 Å². The lowest BCUT2D eigenvalue weighted by Crippen LogP contribution is -2.58. The van der Waals surface area contributed by atoms with E-state index in [1.54, 1.807) is 6.92 Å². The minimum Gasteiger partial charge on any atom is -0.394 e. The standard InChI is InChI=1S/C20H20F2N4O4/c1-10-14(20(29)25-16-5-3-12(8-23)26(30)19(10)16)7-18(28)24-17(9-27)13-4-2-11(21)6-15(13)22/h2,4,6,12,16-17,19,27H,3,5,7,9H2,1H3,(H-,24,25,28,29)/p+1/t12?,16?,17-,19?/m0/s1. The lowest BCUT2D eigenvalue weighted by atomic mass is 9.83. The minimum absolute atomic E-state index is 0.0875. The van der Waals surface area contributed by atoms with Crippen molar-refractivity contribution in [1.82, 2.24) is 10.6 Å². The number of aliphatic hydroxyl groups is 1. The van der Waals surface area contributed by atoms with Crippen LogP contribution in [0.25, 0.3) is 0 Å². The smallest absolute Gasteiger partial charge is 0.286 e. The maximum Gasteiger partial charge on any atom is 0.286 e. The zero-order valence-electron chi connectivity index (χ0n) is 16.2. The molecule has 3 rings (SSSR count). The van der Waals surface area contributed by atoms with Gasteiger partial charge in [0, 0.05) is 38.9 Å². The molecule has 1 aromatic carbocycles. The molecule has 0 radical (unpaired) electrons. The van der Waals surface area contributed by atoms with Crippen molar-refractivity contribution >= 4 is 11.8 Å². The van der Waals surface area contributed by atoms with Crippen molar-refractivity contribution in [2.45, 2.75) is 50.4 Å². The lowest BCUT2D eigenvalue weighted by molar-refractivity contribution is -0.613. The second-order valence-electron chi connectivity index (χ2n) is 7.41. The number of amides is 2. The monoisotopic (exact) mass is 419 g/mol. The predicted molar refractivity (Wildman–Crippen MR) is 99.6 cm³/mol. The summed E-state index contributed by atoms with van der Waals surface area (Å²) in [5.74, 6) is -2.87. The second kappa shape index (κ2) is 8.67. The Labute approximate surface area is 171 Å². The third-order valence-electron chi connectivity index (χ3n) is 5.57. The van der Waals surface area contributed by atoms with Gasteiger partial charge in [-0.1, -0.05) is 6.07 Å². The van der Waals surface area contributed by atoms with Gasteiger partial charge in [-0.05, 0) is 19.4 Å². The molecule has 2 heterocycles. The van der Waals surface area contributed by atoms with Crippen molar-refractivity contribution < 1.29 is 28.2 Å². The van der Waals surface area contributed by atoms with E-state index in [0.717, 1.165) is 12.1 Å². The average Bonchev–Trinajstić information content (AvgIpc) is 2.69. The van der Waals surface area contributed by atoms with Crippen LogP contribution in [0.4, 0.5) is 8.78 Å². The first-order chi connectivity index (χ1) is 14.3. The Morgan fingerprint density at radius 3 is 2.80 bits per heavy atom. The number of benzene rings is 1. The third kappa shape index (κ3) is 4.07. The highest BCUT2D eigenvalue weighted by Crippen LogP contribution is 2.30. The highest BCUT2D eigenvalue weighted by atomic mass is 19.1. The van der Waals surface area contributed by atoms with Crippen LogP contribution in [0, 0.1) is 27.9 Å². The Morgan fingerprint density at radius 1 is 1.43 bits per heavy atom. The summed E-state index contributed by atoms with van der Waals surface area (Å²) >= 11 is 0. The number of carbonyl (C=O) groups excluding carboxylic acids is 2. The van der Waals surface area contributed by atoms with Gasteiger partial charge < -0.3 is 15.7 Å². The lowest BCUT2D eigenvalue weighted by Gasteiger charge is -2.33. The zero-order valence-corrected chi connectivity index (χ0v) is 16.2. The number of halogens is 2. The highest BCUT2D eigenvalue weighted by molar-refractivity contribution is 6.00. The van der Waals surface area contributed by atoms with Gasteiger partial charge in [0.2, 0.25) is 17.9 Å². The molecule has 1 fully saturated rings. The molecule has 0 aliphatic carbocycles. The first-order valence-electron chi connectivity index (χ1n) is 9.47. The number of fused-ring (bicyclic) bond motifs is 1. The van der Waals surface area contributed by atoms with E-state index in [1.807, 2.05) is 6.07 Å². The van der Waals surface area contributed by atoms with Crippen LogP contribution >= 0.6 is 0 Å². The van der Waals surface area contributed by atoms with Gasteiger partial charge in [-0.25, -0.2) is 8.78 Å². The van der Waals surface area contributed by atoms with Crippen molar-refractivity contribution in [3.05, 3.63) is 51.5 Å². The summed E-state index contributed by atoms with van der Waals surface area (Å²) in [6.07, 6.45) is 0.415. The van der Waals surface area contributed by atoms with Crippen LogP contribution in [-0.2, 0) is 9.59 Å². The van der Waals surface area contributed by atoms with E-state index < -0.39 is 60.6 Å². The van der Waals surface area contributed by atoms with Crippen molar-refractivity contribution in [1.29, 1.82) is 5.26 Å². The molecule has 3 unspecified atom stereocenters. The van der Waals surface area contributed by atoms with Crippen molar-refractivity contribution in [2.24, 2.45) is 0 Å². The van der Waals surface area contributed by atoms with Gasteiger partial charge in [-0.3, -0.25) is 9.59 Å². The van der Waals surface area contributed by atoms with Gasteiger partial charge in [0.25, 0.3) is 6.04 Å². The van der Waals surface area contributed by atoms with Gasteiger partial charge in [0.15, 0.2) is 0 Å². The van der Waals surface area contributed by atoms with E-state index in [4.69, 9.17) is 5.26 Å². The van der Waals surface area contributed by atoms with Crippen molar-refractivity contribution in [3.63, 3.8) is 0 Å². The van der Waals surface area contributed by atoms with Crippen LogP contribution in [0.3, 0.4) is 0 Å². The molecule has 158 valence electrons. The molecule has 0 saturated carbocycles. The molecule has 0 aromatic heterocycles. The highest BCUT2D eigenvalue weighted by Gasteiger charge is 2.50. The molecule has 1 aromatic rings. The molecule has 0 spiro atoms. The summed E-state index contributed by atoms with van der Waals surface area (Å²) in [5, 5.41) is 23.8. The first-order valence-corrected chi connectivity index (χ1v) is 9.47. The second-order valence-corrected chi connectivity index (χ2v) is 7.41. The molecular weight excluding hydrogens is 398 g/mol. The Balaban J connectivity index is 1.79. The Hall–Kier alpha value is -3.19. The van der Waals surface area contributed by atoms with Gasteiger partial charge in [0.1, 0.15) is 17.7 Å². The summed E-state index contributed by atoms with van der Waals surface area (Å²) in [7, 11) is 0. The summed E-state index contributed by atoms with van der Waals surface area (Å²) in [5.41, 5.74) is 0.396. The number of aliphatic hydroxyl groups excluding tert-OH is 1. The van der Waals surface area contributed by atoms with Crippen molar-refractivity contribution in [2.75, 3.05) is 6.61 Å². The van der Waals surface area contributed by atoms with Gasteiger partial charge >= 0.3 is 0 Å². The molecule has 3 N–H and O–H groups in total. The molecule has 0 bridgehead atoms. The number of nitroso groups, excluding NO2 is 1.